The minimum atomic E-state index is -1.64. The molecule has 0 aliphatic heterocycles. The number of thiol groups is 2. The fourth-order valence-corrected chi connectivity index (χ4v) is 1.45. The molecule has 0 aromatic rings. The standard InChI is InChI=1S/C8H14O6S3/c9-5(13-1-3-15)7(11)17-8(12)6(10)14-2-4-16/h7-8,11-12,15-16H,1-4H2. The largest absolute Gasteiger partial charge is 0.462 e. The third kappa shape index (κ3) is 7.77. The lowest BCUT2D eigenvalue weighted by atomic mass is 10.7. The summed E-state index contributed by atoms with van der Waals surface area (Å²) >= 11 is 7.95. The van der Waals surface area contributed by atoms with Crippen LogP contribution in [-0.4, -0.2) is 57.7 Å². The minimum absolute atomic E-state index is 0.0414. The molecule has 0 aromatic carbocycles. The summed E-state index contributed by atoms with van der Waals surface area (Å²) in [6.45, 7) is 0.0829. The van der Waals surface area contributed by atoms with Crippen LogP contribution in [0.25, 0.3) is 0 Å². The second kappa shape index (κ2) is 9.89. The Kier molecular flexibility index (Phi) is 9.84. The van der Waals surface area contributed by atoms with Gasteiger partial charge >= 0.3 is 11.9 Å². The topological polar surface area (TPSA) is 93.1 Å². The van der Waals surface area contributed by atoms with Crippen LogP contribution in [-0.2, 0) is 19.1 Å². The highest BCUT2D eigenvalue weighted by Gasteiger charge is 2.26. The molecule has 0 spiro atoms. The molecule has 0 aromatic heterocycles. The van der Waals surface area contributed by atoms with Crippen molar-refractivity contribution in [1.29, 1.82) is 0 Å². The van der Waals surface area contributed by atoms with Gasteiger partial charge in [-0.2, -0.15) is 25.3 Å². The summed E-state index contributed by atoms with van der Waals surface area (Å²) < 4.78 is 9.11. The third-order valence-corrected chi connectivity index (χ3v) is 2.60. The Balaban J connectivity index is 3.96. The van der Waals surface area contributed by atoms with E-state index in [4.69, 9.17) is 0 Å². The van der Waals surface area contributed by atoms with E-state index in [1.807, 2.05) is 0 Å². The minimum Gasteiger partial charge on any atom is -0.462 e. The average Bonchev–Trinajstić information content (AvgIpc) is 2.32. The van der Waals surface area contributed by atoms with Crippen LogP contribution >= 0.6 is 37.0 Å². The summed E-state index contributed by atoms with van der Waals surface area (Å²) in [6, 6.07) is 0. The molecule has 0 aliphatic rings. The summed E-state index contributed by atoms with van der Waals surface area (Å²) in [6.07, 6.45) is 0. The molecular formula is C8H14O6S3. The van der Waals surface area contributed by atoms with Gasteiger partial charge in [0, 0.05) is 11.5 Å². The molecule has 0 heterocycles. The van der Waals surface area contributed by atoms with Gasteiger partial charge in [0.05, 0.1) is 0 Å². The Morgan fingerprint density at radius 2 is 1.35 bits per heavy atom. The Morgan fingerprint density at radius 1 is 1.00 bits per heavy atom. The van der Waals surface area contributed by atoms with Gasteiger partial charge in [0.15, 0.2) is 0 Å². The van der Waals surface area contributed by atoms with Crippen molar-refractivity contribution < 1.29 is 29.3 Å². The molecule has 0 saturated carbocycles. The van der Waals surface area contributed by atoms with Gasteiger partial charge in [-0.1, -0.05) is 11.8 Å². The maximum absolute atomic E-state index is 11.1. The molecular weight excluding hydrogens is 288 g/mol. The highest BCUT2D eigenvalue weighted by Crippen LogP contribution is 2.16. The Bertz CT molecular complexity index is 225. The smallest absolute Gasteiger partial charge is 0.345 e. The third-order valence-electron chi connectivity index (χ3n) is 1.33. The molecule has 0 bridgehead atoms. The number of aliphatic hydroxyl groups is 2. The van der Waals surface area contributed by atoms with Crippen molar-refractivity contribution in [3.63, 3.8) is 0 Å². The zero-order valence-corrected chi connectivity index (χ0v) is 11.4. The first-order valence-corrected chi connectivity index (χ1v) is 6.80. The maximum Gasteiger partial charge on any atom is 0.345 e. The maximum atomic E-state index is 11.1. The number of aliphatic hydroxyl groups excluding tert-OH is 2. The zero-order valence-electron chi connectivity index (χ0n) is 8.81. The lowest BCUT2D eigenvalue weighted by Crippen LogP contribution is -2.28. The highest BCUT2D eigenvalue weighted by molar-refractivity contribution is 8.01. The second-order valence-electron chi connectivity index (χ2n) is 2.62. The molecule has 2 N–H and O–H groups in total. The van der Waals surface area contributed by atoms with Crippen LogP contribution in [0.15, 0.2) is 0 Å². The van der Waals surface area contributed by atoms with E-state index in [1.165, 1.54) is 0 Å². The Hall–Kier alpha value is -0.0900. The number of rotatable bonds is 8. The Morgan fingerprint density at radius 3 is 1.65 bits per heavy atom. The van der Waals surface area contributed by atoms with Crippen molar-refractivity contribution in [2.75, 3.05) is 24.7 Å². The summed E-state index contributed by atoms with van der Waals surface area (Å²) in [4.78, 5) is 22.1. The number of carbonyl (C=O) groups is 2. The number of hydrogen-bond donors (Lipinski definition) is 4. The van der Waals surface area contributed by atoms with E-state index in [0.29, 0.717) is 23.3 Å². The van der Waals surface area contributed by atoms with Crippen molar-refractivity contribution in [3.8, 4) is 0 Å². The summed E-state index contributed by atoms with van der Waals surface area (Å²) in [5.74, 6) is -1.25. The first kappa shape index (κ1) is 16.9. The number of hydrogen-bond acceptors (Lipinski definition) is 9. The molecule has 100 valence electrons. The van der Waals surface area contributed by atoms with Crippen LogP contribution in [0, 0.1) is 0 Å². The molecule has 6 nitrogen and oxygen atoms in total. The van der Waals surface area contributed by atoms with Gasteiger partial charge in [0.1, 0.15) is 13.2 Å². The fourth-order valence-electron chi connectivity index (χ4n) is 0.668. The molecule has 0 saturated heterocycles. The second-order valence-corrected chi connectivity index (χ2v) is 4.68. The van der Waals surface area contributed by atoms with E-state index in [0.717, 1.165) is 0 Å². The van der Waals surface area contributed by atoms with Crippen molar-refractivity contribution in [2.24, 2.45) is 0 Å². The van der Waals surface area contributed by atoms with Gasteiger partial charge in [-0.25, -0.2) is 9.59 Å². The van der Waals surface area contributed by atoms with Gasteiger partial charge in [0.25, 0.3) is 0 Å². The first-order valence-electron chi connectivity index (χ1n) is 4.59. The van der Waals surface area contributed by atoms with E-state index in [-0.39, 0.29) is 13.2 Å². The quantitative estimate of drug-likeness (QED) is 0.268. The van der Waals surface area contributed by atoms with Crippen molar-refractivity contribution in [3.05, 3.63) is 0 Å². The molecule has 9 heteroatoms. The fraction of sp³-hybridized carbons (Fsp3) is 0.750. The predicted octanol–water partition coefficient (Wildman–Crippen LogP) is -0.698. The van der Waals surface area contributed by atoms with E-state index < -0.39 is 22.8 Å². The van der Waals surface area contributed by atoms with Gasteiger partial charge in [-0.15, -0.1) is 0 Å². The number of thioether (sulfide) groups is 1. The molecule has 2 unspecified atom stereocenters. The molecule has 0 fully saturated rings. The van der Waals surface area contributed by atoms with Crippen molar-refractivity contribution >= 4 is 49.0 Å². The molecule has 0 aliphatic carbocycles. The molecule has 2 atom stereocenters. The summed E-state index contributed by atoms with van der Waals surface area (Å²) in [5, 5.41) is 18.5. The van der Waals surface area contributed by atoms with Gasteiger partial charge in [-0.3, -0.25) is 0 Å². The van der Waals surface area contributed by atoms with Crippen LogP contribution in [0.4, 0.5) is 0 Å². The van der Waals surface area contributed by atoms with E-state index in [9.17, 15) is 19.8 Å². The lowest BCUT2D eigenvalue weighted by molar-refractivity contribution is -0.149. The summed E-state index contributed by atoms with van der Waals surface area (Å²) in [7, 11) is 0. The van der Waals surface area contributed by atoms with Crippen LogP contribution in [0.5, 0.6) is 0 Å². The molecule has 0 radical (unpaired) electrons. The SMILES string of the molecule is O=C(OCCS)C(O)SC(O)C(=O)OCCS. The van der Waals surface area contributed by atoms with Crippen LogP contribution in [0.1, 0.15) is 0 Å². The number of ether oxygens (including phenoxy) is 2. The van der Waals surface area contributed by atoms with Gasteiger partial charge in [0.2, 0.25) is 10.9 Å². The van der Waals surface area contributed by atoms with Gasteiger partial charge < -0.3 is 19.7 Å². The van der Waals surface area contributed by atoms with E-state index >= 15 is 0 Å². The van der Waals surface area contributed by atoms with Crippen LogP contribution < -0.4 is 0 Å². The summed E-state index contributed by atoms with van der Waals surface area (Å²) in [5.41, 5.74) is -3.29. The monoisotopic (exact) mass is 302 g/mol. The number of esters is 2. The molecule has 0 amide bonds. The first-order chi connectivity index (χ1) is 8.02. The zero-order chi connectivity index (χ0) is 13.3. The van der Waals surface area contributed by atoms with E-state index in [1.54, 1.807) is 0 Å². The van der Waals surface area contributed by atoms with E-state index in [2.05, 4.69) is 34.7 Å². The predicted molar refractivity (Wildman–Crippen MR) is 69.2 cm³/mol. The molecule has 0 rings (SSSR count). The molecule has 17 heavy (non-hydrogen) atoms. The average molecular weight is 302 g/mol. The van der Waals surface area contributed by atoms with Crippen molar-refractivity contribution in [2.45, 2.75) is 10.9 Å². The van der Waals surface area contributed by atoms with Crippen LogP contribution in [0.3, 0.4) is 0 Å². The highest BCUT2D eigenvalue weighted by atomic mass is 32.2. The Labute approximate surface area is 114 Å². The lowest BCUT2D eigenvalue weighted by Gasteiger charge is -2.13. The van der Waals surface area contributed by atoms with Gasteiger partial charge in [-0.05, 0) is 0 Å². The van der Waals surface area contributed by atoms with Crippen LogP contribution in [0.2, 0.25) is 0 Å². The number of carbonyl (C=O) groups excluding carboxylic acids is 2. The van der Waals surface area contributed by atoms with Crippen molar-refractivity contribution in [1.82, 2.24) is 0 Å². The normalized spacial score (nSPS) is 13.9.